The van der Waals surface area contributed by atoms with Gasteiger partial charge in [-0.2, -0.15) is 0 Å². The summed E-state index contributed by atoms with van der Waals surface area (Å²) < 4.78 is 5.10. The predicted octanol–water partition coefficient (Wildman–Crippen LogP) is 29.4. The second-order valence-electron chi connectivity index (χ2n) is 31.2. The first-order valence-corrected chi connectivity index (χ1v) is 42.0. The van der Waals surface area contributed by atoms with Gasteiger partial charge in [0.2, 0.25) is 0 Å². The molecule has 0 amide bonds. The summed E-state index contributed by atoms with van der Waals surface area (Å²) in [7, 11) is 0. The molecule has 0 unspecified atom stereocenters. The van der Waals surface area contributed by atoms with Crippen LogP contribution in [0, 0.1) is 0 Å². The Kier molecular flexibility index (Phi) is 15.5. The Hall–Kier alpha value is -14.7. The van der Waals surface area contributed by atoms with Gasteiger partial charge in [0.25, 0.3) is 0 Å². The van der Waals surface area contributed by atoms with Gasteiger partial charge in [-0.05, 0) is 171 Å². The van der Waals surface area contributed by atoms with Crippen molar-refractivity contribution in [3.05, 3.63) is 457 Å². The summed E-state index contributed by atoms with van der Waals surface area (Å²) in [6.07, 6.45) is 0. The maximum atomic E-state index is 5.48. The zero-order valence-electron chi connectivity index (χ0n) is 63.9. The molecule has 0 radical (unpaired) electrons. The highest BCUT2D eigenvalue weighted by atomic mass is 32.1. The van der Waals surface area contributed by atoms with E-state index in [1.165, 1.54) is 157 Å². The minimum atomic E-state index is -0.592. The molecule has 4 aliphatic rings. The molecule has 0 atom stereocenters. The highest BCUT2D eigenvalue weighted by Gasteiger charge is 2.52. The summed E-state index contributed by atoms with van der Waals surface area (Å²) in [5, 5.41) is 5.14. The third-order valence-corrected chi connectivity index (χ3v) is 27.4. The summed E-state index contributed by atoms with van der Waals surface area (Å²) in [5.74, 6) is 1.42. The van der Waals surface area contributed by atoms with Gasteiger partial charge < -0.3 is 0 Å². The Morgan fingerprint density at radius 1 is 0.161 bits per heavy atom. The van der Waals surface area contributed by atoms with Crippen LogP contribution in [0.4, 0.5) is 0 Å². The number of hydrogen-bond acceptors (Lipinski definition) is 6. The number of fused-ring (bicyclic) bond motifs is 30. The van der Waals surface area contributed by atoms with Crippen molar-refractivity contribution >= 4 is 63.0 Å². The average molecular weight is 1530 g/mol. The highest BCUT2D eigenvalue weighted by Crippen LogP contribution is 2.65. The molecule has 17 aromatic carbocycles. The normalized spacial score (nSPS) is 13.1. The van der Waals surface area contributed by atoms with E-state index < -0.39 is 10.8 Å². The molecule has 548 valence electrons. The SMILES string of the molecule is c1ccc(-c2cc(-c3ccc4c(c3)sc3ccccc34)nc(-c3cccc4c3-c3ccccc3C43c4ccccc4-c4ccccc4-c4ccccc43)n2)cc1.c1ccc(-c2cccc(-c3cc(-c4ccc5c(c4)sc4ccccc45)nc(-c4ccc5c(c4)C4(c6ccccc6-c6ccccc6-c6ccccc64)c4ccccc4-5)n3)c2)cc1. The van der Waals surface area contributed by atoms with Crippen molar-refractivity contribution in [1.29, 1.82) is 0 Å². The summed E-state index contributed by atoms with van der Waals surface area (Å²) in [4.78, 5) is 21.8. The molecular formula is C112H68N4S2. The van der Waals surface area contributed by atoms with Gasteiger partial charge in [0.05, 0.1) is 33.6 Å². The van der Waals surface area contributed by atoms with E-state index in [9.17, 15) is 0 Å². The number of nitrogens with zero attached hydrogens (tertiary/aromatic N) is 4. The molecule has 4 aliphatic carbocycles. The van der Waals surface area contributed by atoms with E-state index in [1.54, 1.807) is 0 Å². The predicted molar refractivity (Wildman–Crippen MR) is 491 cm³/mol. The lowest BCUT2D eigenvalue weighted by atomic mass is 9.66. The Morgan fingerprint density at radius 3 is 0.966 bits per heavy atom. The lowest BCUT2D eigenvalue weighted by Crippen LogP contribution is -2.29. The standard InChI is InChI=1S/C59H36N2S.C53H32N2S/c1-2-15-37(16-3-1)38-17-14-18-39(33-38)54-36-55(40-29-32-49-48-24-9-13-28-56(48)62-57(49)35-40)61-58(60-54)41-30-31-47-46-23-8-12-27-52(46)59(53(47)34-41)50-25-10-6-21-44(50)42-19-4-5-20-43(42)45-22-7-11-26-51(45)59;1-2-15-33(16-3-1)47-32-48(34-29-30-40-39-21-9-13-28-49(39)56-50(40)31-34)55-52(54-47)42-23-14-27-46-51(42)41-22-8-12-26-45(41)53(46)43-24-10-6-19-37(43)35-17-4-5-18-36(35)38-20-7-11-25-44(38)53/h1-36H;1-32H. The summed E-state index contributed by atoms with van der Waals surface area (Å²) >= 11 is 3.67. The molecule has 0 N–H and O–H groups in total. The molecule has 0 aliphatic heterocycles. The van der Waals surface area contributed by atoms with Crippen molar-refractivity contribution in [1.82, 2.24) is 19.9 Å². The van der Waals surface area contributed by atoms with Gasteiger partial charge in [0.1, 0.15) is 0 Å². The van der Waals surface area contributed by atoms with Crippen molar-refractivity contribution < 1.29 is 0 Å². The summed E-state index contributed by atoms with van der Waals surface area (Å²) in [6, 6.07) is 151. The lowest BCUT2D eigenvalue weighted by molar-refractivity contribution is 0.775. The second kappa shape index (κ2) is 27.0. The van der Waals surface area contributed by atoms with Crippen LogP contribution in [-0.4, -0.2) is 19.9 Å². The number of thiophene rings is 2. The monoisotopic (exact) mass is 1530 g/mol. The van der Waals surface area contributed by atoms with E-state index in [0.29, 0.717) is 5.82 Å². The molecule has 4 aromatic heterocycles. The molecule has 0 fully saturated rings. The van der Waals surface area contributed by atoms with Crippen molar-refractivity contribution in [3.8, 4) is 146 Å². The number of benzene rings is 17. The quantitative estimate of drug-likeness (QED) is 0.160. The van der Waals surface area contributed by atoms with Crippen LogP contribution >= 0.6 is 22.7 Å². The highest BCUT2D eigenvalue weighted by molar-refractivity contribution is 7.26. The minimum absolute atomic E-state index is 0.569. The lowest BCUT2D eigenvalue weighted by Gasteiger charge is -2.35. The first-order chi connectivity index (χ1) is 58.5. The minimum Gasteiger partial charge on any atom is -0.228 e. The zero-order valence-corrected chi connectivity index (χ0v) is 65.5. The molecule has 6 heteroatoms. The van der Waals surface area contributed by atoms with Gasteiger partial charge in [0.15, 0.2) is 11.6 Å². The Bertz CT molecular complexity index is 7590. The fourth-order valence-corrected chi connectivity index (χ4v) is 22.4. The van der Waals surface area contributed by atoms with Crippen LogP contribution in [0.1, 0.15) is 44.5 Å². The molecule has 25 rings (SSSR count). The van der Waals surface area contributed by atoms with Crippen LogP contribution in [0.15, 0.2) is 413 Å². The van der Waals surface area contributed by atoms with Crippen molar-refractivity contribution in [2.75, 3.05) is 0 Å². The fraction of sp³-hybridized carbons (Fsp3) is 0.0179. The molecule has 0 saturated heterocycles. The molecular weight excluding hydrogens is 1470 g/mol. The molecule has 0 bridgehead atoms. The van der Waals surface area contributed by atoms with Gasteiger partial charge >= 0.3 is 0 Å². The van der Waals surface area contributed by atoms with Crippen molar-refractivity contribution in [3.63, 3.8) is 0 Å². The summed E-state index contributed by atoms with van der Waals surface area (Å²) in [5.41, 5.74) is 36.2. The third-order valence-electron chi connectivity index (χ3n) is 25.1. The number of hydrogen-bond donors (Lipinski definition) is 0. The fourth-order valence-electron chi connectivity index (χ4n) is 20.1. The van der Waals surface area contributed by atoms with Crippen LogP contribution < -0.4 is 0 Å². The van der Waals surface area contributed by atoms with Gasteiger partial charge in [-0.15, -0.1) is 22.7 Å². The van der Waals surface area contributed by atoms with E-state index in [2.05, 4.69) is 413 Å². The molecule has 118 heavy (non-hydrogen) atoms. The van der Waals surface area contributed by atoms with Crippen molar-refractivity contribution in [2.45, 2.75) is 10.8 Å². The van der Waals surface area contributed by atoms with E-state index in [4.69, 9.17) is 19.9 Å². The van der Waals surface area contributed by atoms with Crippen LogP contribution in [0.5, 0.6) is 0 Å². The largest absolute Gasteiger partial charge is 0.228 e. The summed E-state index contributed by atoms with van der Waals surface area (Å²) in [6.45, 7) is 0. The van der Waals surface area contributed by atoms with Gasteiger partial charge in [-0.25, -0.2) is 19.9 Å². The maximum Gasteiger partial charge on any atom is 0.161 e. The number of aromatic nitrogens is 4. The first kappa shape index (κ1) is 67.8. The molecule has 4 heterocycles. The Balaban J connectivity index is 0.000000135. The first-order valence-electron chi connectivity index (χ1n) is 40.4. The Morgan fingerprint density at radius 2 is 0.475 bits per heavy atom. The van der Waals surface area contributed by atoms with E-state index in [0.717, 1.165) is 67.5 Å². The average Bonchev–Trinajstić information content (AvgIpc) is 1.52. The topological polar surface area (TPSA) is 51.6 Å². The van der Waals surface area contributed by atoms with Crippen LogP contribution in [0.2, 0.25) is 0 Å². The maximum absolute atomic E-state index is 5.48. The van der Waals surface area contributed by atoms with Crippen LogP contribution in [0.3, 0.4) is 0 Å². The molecule has 4 nitrogen and oxygen atoms in total. The van der Waals surface area contributed by atoms with E-state index >= 15 is 0 Å². The van der Waals surface area contributed by atoms with Gasteiger partial charge in [-0.3, -0.25) is 0 Å². The second-order valence-corrected chi connectivity index (χ2v) is 33.4. The Labute approximate surface area is 691 Å². The third kappa shape index (κ3) is 10.3. The molecule has 0 saturated carbocycles. The number of rotatable bonds is 7. The van der Waals surface area contributed by atoms with Crippen LogP contribution in [0.25, 0.3) is 186 Å². The molecule has 21 aromatic rings. The zero-order chi connectivity index (χ0) is 77.6. The van der Waals surface area contributed by atoms with Crippen LogP contribution in [-0.2, 0) is 10.8 Å². The van der Waals surface area contributed by atoms with Gasteiger partial charge in [0, 0.05) is 73.7 Å². The van der Waals surface area contributed by atoms with E-state index in [-0.39, 0.29) is 0 Å². The van der Waals surface area contributed by atoms with E-state index in [1.807, 2.05) is 22.7 Å². The van der Waals surface area contributed by atoms with Crippen molar-refractivity contribution in [2.24, 2.45) is 0 Å². The van der Waals surface area contributed by atoms with Gasteiger partial charge in [-0.1, -0.05) is 364 Å². The molecule has 2 spiro atoms. The smallest absolute Gasteiger partial charge is 0.161 e.